The molecule has 0 aliphatic heterocycles. The Kier molecular flexibility index (Phi) is 4.21. The molecule has 82 valence electrons. The molecule has 1 rings (SSSR count). The lowest BCUT2D eigenvalue weighted by atomic mass is 10.1. The number of hydrogen-bond acceptors (Lipinski definition) is 4. The van der Waals surface area contributed by atoms with Crippen molar-refractivity contribution in [3.8, 4) is 0 Å². The van der Waals surface area contributed by atoms with E-state index in [-0.39, 0.29) is 5.78 Å². The van der Waals surface area contributed by atoms with Gasteiger partial charge in [-0.15, -0.1) is 0 Å². The number of anilines is 1. The number of carbonyl (C=O) groups excluding carboxylic acids is 1. The molecule has 15 heavy (non-hydrogen) atoms. The average Bonchev–Trinajstić information content (AvgIpc) is 2.18. The summed E-state index contributed by atoms with van der Waals surface area (Å²) in [6, 6.07) is 1.79. The van der Waals surface area contributed by atoms with Crippen LogP contribution in [0.3, 0.4) is 0 Å². The zero-order chi connectivity index (χ0) is 11.3. The first-order valence-electron chi connectivity index (χ1n) is 5.14. The normalized spacial score (nSPS) is 10.1. The Labute approximate surface area is 90.3 Å². The van der Waals surface area contributed by atoms with Gasteiger partial charge in [-0.3, -0.25) is 4.79 Å². The molecule has 1 aromatic rings. The summed E-state index contributed by atoms with van der Waals surface area (Å²) in [7, 11) is 3.76. The second kappa shape index (κ2) is 5.44. The van der Waals surface area contributed by atoms with Crippen molar-refractivity contribution in [1.82, 2.24) is 9.97 Å². The number of ketones is 1. The quantitative estimate of drug-likeness (QED) is 0.733. The minimum absolute atomic E-state index is 0.237. The fourth-order valence-electron chi connectivity index (χ4n) is 1.27. The second-order valence-corrected chi connectivity index (χ2v) is 3.71. The van der Waals surface area contributed by atoms with Gasteiger partial charge in [0.2, 0.25) is 5.95 Å². The summed E-state index contributed by atoms with van der Waals surface area (Å²) >= 11 is 0. The molecule has 0 fully saturated rings. The highest BCUT2D eigenvalue weighted by Crippen LogP contribution is 2.05. The Hall–Kier alpha value is -1.45. The van der Waals surface area contributed by atoms with Crippen molar-refractivity contribution in [2.75, 3.05) is 19.0 Å². The van der Waals surface area contributed by atoms with Crippen LogP contribution in [0.5, 0.6) is 0 Å². The molecular formula is C11H17N3O. The predicted molar refractivity (Wildman–Crippen MR) is 60.0 cm³/mol. The number of rotatable bonds is 5. The summed E-state index contributed by atoms with van der Waals surface area (Å²) in [5.74, 6) is 0.887. The van der Waals surface area contributed by atoms with Crippen molar-refractivity contribution < 1.29 is 4.79 Å². The lowest BCUT2D eigenvalue weighted by molar-refractivity contribution is -0.118. The molecule has 0 aromatic carbocycles. The third-order valence-corrected chi connectivity index (χ3v) is 2.01. The number of carbonyl (C=O) groups is 1. The van der Waals surface area contributed by atoms with Gasteiger partial charge >= 0.3 is 0 Å². The van der Waals surface area contributed by atoms with E-state index in [0.717, 1.165) is 12.1 Å². The van der Waals surface area contributed by atoms with Gasteiger partial charge in [-0.1, -0.05) is 6.92 Å². The van der Waals surface area contributed by atoms with Gasteiger partial charge in [-0.25, -0.2) is 9.97 Å². The van der Waals surface area contributed by atoms with Crippen LogP contribution >= 0.6 is 0 Å². The van der Waals surface area contributed by atoms with E-state index < -0.39 is 0 Å². The van der Waals surface area contributed by atoms with Gasteiger partial charge < -0.3 is 4.90 Å². The topological polar surface area (TPSA) is 46.1 Å². The van der Waals surface area contributed by atoms with Crippen molar-refractivity contribution in [2.24, 2.45) is 0 Å². The van der Waals surface area contributed by atoms with Crippen LogP contribution in [0.4, 0.5) is 5.95 Å². The maximum atomic E-state index is 11.4. The van der Waals surface area contributed by atoms with Crippen molar-refractivity contribution in [3.63, 3.8) is 0 Å². The Morgan fingerprint density at radius 2 is 2.20 bits per heavy atom. The molecule has 0 saturated heterocycles. The molecule has 4 heteroatoms. The Balaban J connectivity index is 2.69. The van der Waals surface area contributed by atoms with Crippen LogP contribution < -0.4 is 4.90 Å². The average molecular weight is 207 g/mol. The van der Waals surface area contributed by atoms with E-state index in [0.29, 0.717) is 18.8 Å². The maximum Gasteiger partial charge on any atom is 0.224 e. The molecule has 0 unspecified atom stereocenters. The molecule has 0 bridgehead atoms. The van der Waals surface area contributed by atoms with Gasteiger partial charge in [-0.2, -0.15) is 0 Å². The Bertz CT molecular complexity index is 336. The third kappa shape index (κ3) is 3.65. The lowest BCUT2D eigenvalue weighted by Gasteiger charge is -2.10. The molecular weight excluding hydrogens is 190 g/mol. The molecule has 0 amide bonds. The fraction of sp³-hybridized carbons (Fsp3) is 0.545. The summed E-state index contributed by atoms with van der Waals surface area (Å²) < 4.78 is 0. The standard InChI is InChI=1S/C11H17N3O/c1-4-5-10(15)8-9-6-7-12-11(13-9)14(2)3/h6-7H,4-5,8H2,1-3H3. The van der Waals surface area contributed by atoms with E-state index in [2.05, 4.69) is 9.97 Å². The highest BCUT2D eigenvalue weighted by molar-refractivity contribution is 5.80. The molecule has 0 saturated carbocycles. The smallest absolute Gasteiger partial charge is 0.224 e. The van der Waals surface area contributed by atoms with Gasteiger partial charge in [0, 0.05) is 33.1 Å². The monoisotopic (exact) mass is 207 g/mol. The van der Waals surface area contributed by atoms with Gasteiger partial charge in [0.15, 0.2) is 0 Å². The molecule has 0 atom stereocenters. The zero-order valence-electron chi connectivity index (χ0n) is 9.53. The van der Waals surface area contributed by atoms with Crippen LogP contribution in [0, 0.1) is 0 Å². The molecule has 0 spiro atoms. The molecule has 0 aliphatic carbocycles. The lowest BCUT2D eigenvalue weighted by Crippen LogP contribution is -2.14. The largest absolute Gasteiger partial charge is 0.347 e. The van der Waals surface area contributed by atoms with Gasteiger partial charge in [-0.05, 0) is 12.5 Å². The molecule has 1 heterocycles. The Morgan fingerprint density at radius 1 is 1.47 bits per heavy atom. The number of Topliss-reactive ketones (excluding diaryl/α,β-unsaturated/α-hetero) is 1. The second-order valence-electron chi connectivity index (χ2n) is 3.71. The summed E-state index contributed by atoms with van der Waals surface area (Å²) in [6.45, 7) is 2.00. The molecule has 0 aliphatic rings. The van der Waals surface area contributed by atoms with Crippen LogP contribution in [0.25, 0.3) is 0 Å². The Morgan fingerprint density at radius 3 is 2.80 bits per heavy atom. The van der Waals surface area contributed by atoms with Gasteiger partial charge in [0.1, 0.15) is 5.78 Å². The van der Waals surface area contributed by atoms with Gasteiger partial charge in [0.05, 0.1) is 5.69 Å². The minimum Gasteiger partial charge on any atom is -0.347 e. The first-order valence-corrected chi connectivity index (χ1v) is 5.14. The van der Waals surface area contributed by atoms with Crippen molar-refractivity contribution in [1.29, 1.82) is 0 Å². The number of hydrogen-bond donors (Lipinski definition) is 0. The van der Waals surface area contributed by atoms with E-state index in [1.165, 1.54) is 0 Å². The minimum atomic E-state index is 0.237. The first-order chi connectivity index (χ1) is 7.13. The fourth-order valence-corrected chi connectivity index (χ4v) is 1.27. The summed E-state index contributed by atoms with van der Waals surface area (Å²) in [5, 5.41) is 0. The van der Waals surface area contributed by atoms with Crippen LogP contribution in [-0.4, -0.2) is 29.8 Å². The van der Waals surface area contributed by atoms with Gasteiger partial charge in [0.25, 0.3) is 0 Å². The van der Waals surface area contributed by atoms with E-state index in [4.69, 9.17) is 0 Å². The van der Waals surface area contributed by atoms with Crippen LogP contribution in [0.15, 0.2) is 12.3 Å². The molecule has 0 N–H and O–H groups in total. The van der Waals surface area contributed by atoms with E-state index in [9.17, 15) is 4.79 Å². The van der Waals surface area contributed by atoms with Crippen LogP contribution in [0.2, 0.25) is 0 Å². The summed E-state index contributed by atoms with van der Waals surface area (Å²) in [6.07, 6.45) is 3.62. The number of aromatic nitrogens is 2. The van der Waals surface area contributed by atoms with Crippen molar-refractivity contribution in [3.05, 3.63) is 18.0 Å². The molecule has 0 radical (unpaired) electrons. The summed E-state index contributed by atoms with van der Waals surface area (Å²) in [4.78, 5) is 21.6. The van der Waals surface area contributed by atoms with Crippen LogP contribution in [-0.2, 0) is 11.2 Å². The van der Waals surface area contributed by atoms with E-state index in [1.807, 2.05) is 25.9 Å². The highest BCUT2D eigenvalue weighted by Gasteiger charge is 2.05. The first kappa shape index (κ1) is 11.6. The van der Waals surface area contributed by atoms with E-state index >= 15 is 0 Å². The number of nitrogens with zero attached hydrogens (tertiary/aromatic N) is 3. The van der Waals surface area contributed by atoms with E-state index in [1.54, 1.807) is 12.3 Å². The molecule has 1 aromatic heterocycles. The van der Waals surface area contributed by atoms with Crippen LogP contribution in [0.1, 0.15) is 25.5 Å². The predicted octanol–water partition coefficient (Wildman–Crippen LogP) is 1.45. The maximum absolute atomic E-state index is 11.4. The SMILES string of the molecule is CCCC(=O)Cc1ccnc(N(C)C)n1. The van der Waals surface area contributed by atoms with Crippen molar-refractivity contribution in [2.45, 2.75) is 26.2 Å². The third-order valence-electron chi connectivity index (χ3n) is 2.01. The zero-order valence-corrected chi connectivity index (χ0v) is 9.53. The van der Waals surface area contributed by atoms with Crippen molar-refractivity contribution >= 4 is 11.7 Å². The summed E-state index contributed by atoms with van der Waals surface area (Å²) in [5.41, 5.74) is 0.798. The molecule has 4 nitrogen and oxygen atoms in total. The highest BCUT2D eigenvalue weighted by atomic mass is 16.1.